The van der Waals surface area contributed by atoms with Gasteiger partial charge < -0.3 is 9.47 Å². The second-order valence-electron chi connectivity index (χ2n) is 15.5. The molecule has 6 rings (SSSR count). The lowest BCUT2D eigenvalue weighted by Gasteiger charge is -2.62. The van der Waals surface area contributed by atoms with Gasteiger partial charge in [-0.2, -0.15) is 13.2 Å². The highest BCUT2D eigenvalue weighted by Crippen LogP contribution is 2.69. The van der Waals surface area contributed by atoms with E-state index in [-0.39, 0.29) is 28.3 Å². The first-order valence-corrected chi connectivity index (χ1v) is 17.4. The molecule has 7 heteroatoms. The van der Waals surface area contributed by atoms with Crippen LogP contribution in [0.5, 0.6) is 0 Å². The Kier molecular flexibility index (Phi) is 8.86. The van der Waals surface area contributed by atoms with Crippen LogP contribution in [-0.2, 0) is 9.47 Å². The number of carbonyl (C=O) groups excluding carboxylic acids is 2. The van der Waals surface area contributed by atoms with E-state index in [0.29, 0.717) is 29.2 Å². The number of rotatable bonds is 7. The first-order chi connectivity index (χ1) is 21.8. The van der Waals surface area contributed by atoms with E-state index in [4.69, 9.17) is 9.47 Å². The van der Waals surface area contributed by atoms with E-state index in [1.165, 1.54) is 12.1 Å². The number of benzene rings is 2. The van der Waals surface area contributed by atoms with Crippen molar-refractivity contribution in [2.75, 3.05) is 0 Å². The lowest BCUT2D eigenvalue weighted by atomic mass is 9.43. The summed E-state index contributed by atoms with van der Waals surface area (Å²) >= 11 is 0. The molecule has 10 atom stereocenters. The van der Waals surface area contributed by atoms with Gasteiger partial charge in [-0.15, -0.1) is 0 Å². The molecule has 0 heterocycles. The fourth-order valence-corrected chi connectivity index (χ4v) is 11.0. The molecule has 4 saturated carbocycles. The number of halogens is 3. The average molecular weight is 639 g/mol. The molecule has 0 N–H and O–H groups in total. The minimum Gasteiger partial charge on any atom is -0.455 e. The average Bonchev–Trinajstić information content (AvgIpc) is 3.41. The van der Waals surface area contributed by atoms with Crippen molar-refractivity contribution in [3.05, 3.63) is 71.8 Å². The van der Waals surface area contributed by atoms with Gasteiger partial charge in [-0.1, -0.05) is 64.1 Å². The van der Waals surface area contributed by atoms with Gasteiger partial charge in [0, 0.05) is 5.92 Å². The summed E-state index contributed by atoms with van der Waals surface area (Å²) in [5, 5.41) is 0. The topological polar surface area (TPSA) is 52.6 Å². The number of esters is 2. The van der Waals surface area contributed by atoms with E-state index in [0.717, 1.165) is 64.2 Å². The Hall–Kier alpha value is -2.83. The third kappa shape index (κ3) is 5.78. The summed E-state index contributed by atoms with van der Waals surface area (Å²) in [7, 11) is 0. The second-order valence-corrected chi connectivity index (χ2v) is 15.5. The molecule has 0 amide bonds. The summed E-state index contributed by atoms with van der Waals surface area (Å²) < 4.78 is 55.1. The van der Waals surface area contributed by atoms with E-state index in [1.54, 1.807) is 25.1 Å². The van der Waals surface area contributed by atoms with Gasteiger partial charge in [-0.05, 0) is 129 Å². The van der Waals surface area contributed by atoms with Crippen molar-refractivity contribution in [3.63, 3.8) is 0 Å². The normalized spacial score (nSPS) is 36.8. The highest BCUT2D eigenvalue weighted by atomic mass is 19.4. The van der Waals surface area contributed by atoms with Crippen molar-refractivity contribution in [1.82, 2.24) is 0 Å². The first kappa shape index (κ1) is 33.1. The fourth-order valence-electron chi connectivity index (χ4n) is 11.0. The first-order valence-electron chi connectivity index (χ1n) is 17.4. The van der Waals surface area contributed by atoms with Gasteiger partial charge in [0.1, 0.15) is 5.60 Å². The molecule has 4 nitrogen and oxygen atoms in total. The molecule has 4 aliphatic rings. The minimum absolute atomic E-state index is 0.130. The predicted molar refractivity (Wildman–Crippen MR) is 171 cm³/mol. The van der Waals surface area contributed by atoms with Gasteiger partial charge in [-0.3, -0.25) is 0 Å². The number of hydrogen-bond acceptors (Lipinski definition) is 4. The van der Waals surface area contributed by atoms with E-state index >= 15 is 0 Å². The van der Waals surface area contributed by atoms with Crippen LogP contribution in [0.3, 0.4) is 0 Å². The van der Waals surface area contributed by atoms with Crippen LogP contribution < -0.4 is 0 Å². The van der Waals surface area contributed by atoms with Crippen molar-refractivity contribution in [1.29, 1.82) is 0 Å². The third-order valence-electron chi connectivity index (χ3n) is 13.5. The van der Waals surface area contributed by atoms with Crippen LogP contribution in [0.15, 0.2) is 60.7 Å². The Balaban J connectivity index is 1.17. The molecule has 0 saturated heterocycles. The van der Waals surface area contributed by atoms with Gasteiger partial charge in [0.05, 0.1) is 11.1 Å². The molecule has 0 bridgehead atoms. The number of hydrogen-bond donors (Lipinski definition) is 0. The van der Waals surface area contributed by atoms with Crippen LogP contribution in [0.4, 0.5) is 13.2 Å². The highest BCUT2D eigenvalue weighted by Gasteiger charge is 2.63. The highest BCUT2D eigenvalue weighted by molar-refractivity contribution is 5.90. The van der Waals surface area contributed by atoms with Crippen molar-refractivity contribution in [3.8, 4) is 0 Å². The summed E-state index contributed by atoms with van der Waals surface area (Å²) in [5.41, 5.74) is 0.182. The number of fused-ring (bicyclic) bond motifs is 5. The maximum atomic E-state index is 14.5. The summed E-state index contributed by atoms with van der Waals surface area (Å²) in [6, 6.07) is 17.2. The Bertz CT molecular complexity index is 1390. The number of carbonyl (C=O) groups is 2. The van der Waals surface area contributed by atoms with Crippen LogP contribution in [-0.4, -0.2) is 29.8 Å². The molecular weight excluding hydrogens is 589 g/mol. The molecule has 0 aliphatic heterocycles. The summed E-state index contributed by atoms with van der Waals surface area (Å²) in [5.74, 6) is -0.338. The van der Waals surface area contributed by atoms with Crippen LogP contribution in [0.25, 0.3) is 0 Å². The maximum absolute atomic E-state index is 14.5. The molecule has 0 unspecified atom stereocenters. The maximum Gasteiger partial charge on any atom is 0.425 e. The van der Waals surface area contributed by atoms with E-state index in [9.17, 15) is 22.8 Å². The van der Waals surface area contributed by atoms with Crippen LogP contribution >= 0.6 is 0 Å². The van der Waals surface area contributed by atoms with E-state index in [1.807, 2.05) is 30.3 Å². The Labute approximate surface area is 271 Å². The molecule has 2 aromatic rings. The molecule has 0 radical (unpaired) electrons. The molecule has 4 fully saturated rings. The molecule has 250 valence electrons. The lowest BCUT2D eigenvalue weighted by Crippen LogP contribution is -2.57. The minimum atomic E-state index is -4.64. The predicted octanol–water partition coefficient (Wildman–Crippen LogP) is 10.1. The SMILES string of the molecule is CC[C@@]1(OC(=O)c2ccccc2)CC[C@@]2(C)[C@H](CC[C@@H]3[C@@H]2CC[C@]2(C)[C@@H]([C@@H](C)[C@H](OC(=O)c4ccccc4)C(F)(F)F)CC[C@@H]32)C1. The Morgan fingerprint density at radius 2 is 1.41 bits per heavy atom. The van der Waals surface area contributed by atoms with Gasteiger partial charge >= 0.3 is 18.1 Å². The van der Waals surface area contributed by atoms with Crippen molar-refractivity contribution in [2.24, 2.45) is 46.3 Å². The summed E-state index contributed by atoms with van der Waals surface area (Å²) in [6.07, 6.45) is 2.46. The summed E-state index contributed by atoms with van der Waals surface area (Å²) in [4.78, 5) is 25.9. The van der Waals surface area contributed by atoms with Crippen LogP contribution in [0.2, 0.25) is 0 Å². The molecule has 0 spiro atoms. The molecular formula is C39H49F3O4. The third-order valence-corrected chi connectivity index (χ3v) is 13.5. The Morgan fingerprint density at radius 3 is 2.02 bits per heavy atom. The fraction of sp³-hybridized carbons (Fsp3) is 0.641. The number of alkyl halides is 3. The van der Waals surface area contributed by atoms with Crippen molar-refractivity contribution < 1.29 is 32.2 Å². The van der Waals surface area contributed by atoms with E-state index < -0.39 is 29.8 Å². The quantitative estimate of drug-likeness (QED) is 0.283. The van der Waals surface area contributed by atoms with Crippen LogP contribution in [0.1, 0.15) is 113 Å². The molecule has 4 aliphatic carbocycles. The van der Waals surface area contributed by atoms with E-state index in [2.05, 4.69) is 20.8 Å². The zero-order chi connectivity index (χ0) is 32.9. The molecule has 46 heavy (non-hydrogen) atoms. The van der Waals surface area contributed by atoms with Crippen molar-refractivity contribution >= 4 is 11.9 Å². The van der Waals surface area contributed by atoms with Gasteiger partial charge in [0.25, 0.3) is 0 Å². The Morgan fingerprint density at radius 1 is 0.804 bits per heavy atom. The van der Waals surface area contributed by atoms with Crippen LogP contribution in [0, 0.1) is 46.3 Å². The lowest BCUT2D eigenvalue weighted by molar-refractivity contribution is -0.228. The molecule has 2 aromatic carbocycles. The standard InChI is InChI=1S/C39H49F3O4/c1-5-38(46-35(44)27-14-10-7-11-15-27)23-22-36(3)28(24-38)16-17-29-31-19-18-30(37(31,4)21-20-32(29)36)25(2)33(39(40,41)42)45-34(43)26-12-8-6-9-13-26/h6-15,25,28-33H,5,16-24H2,1-4H3/t25-,28-,29+,30-,31+,32+,33+,36+,37-,38-/m1/s1. The van der Waals surface area contributed by atoms with Crippen molar-refractivity contribution in [2.45, 2.75) is 110 Å². The smallest absolute Gasteiger partial charge is 0.425 e. The zero-order valence-corrected chi connectivity index (χ0v) is 27.7. The van der Waals surface area contributed by atoms with Gasteiger partial charge in [0.15, 0.2) is 6.10 Å². The van der Waals surface area contributed by atoms with Gasteiger partial charge in [0.2, 0.25) is 0 Å². The zero-order valence-electron chi connectivity index (χ0n) is 27.7. The molecule has 0 aromatic heterocycles. The summed E-state index contributed by atoms with van der Waals surface area (Å²) in [6.45, 7) is 8.47. The van der Waals surface area contributed by atoms with Gasteiger partial charge in [-0.25, -0.2) is 9.59 Å². The monoisotopic (exact) mass is 638 g/mol. The largest absolute Gasteiger partial charge is 0.455 e. The number of ether oxygens (including phenoxy) is 2. The second kappa shape index (κ2) is 12.3.